The van der Waals surface area contributed by atoms with Crippen LogP contribution >= 0.6 is 12.2 Å². The molecule has 5 rings (SSSR count). The molecule has 112 valence electrons. The summed E-state index contributed by atoms with van der Waals surface area (Å²) < 4.78 is 26.2. The van der Waals surface area contributed by atoms with E-state index in [1.807, 2.05) is 4.90 Å². The van der Waals surface area contributed by atoms with E-state index in [4.69, 9.17) is 12.2 Å². The summed E-state index contributed by atoms with van der Waals surface area (Å²) in [5.41, 5.74) is 0. The molecule has 5 heteroatoms. The van der Waals surface area contributed by atoms with Crippen LogP contribution in [0.1, 0.15) is 51.4 Å². The lowest BCUT2D eigenvalue weighted by atomic mass is 9.56. The Morgan fingerprint density at radius 3 is 1.85 bits per heavy atom. The topological polar surface area (TPSA) is 37.4 Å². The Hall–Kier alpha value is -0.160. The Bertz CT molecular complexity index is 499. The van der Waals surface area contributed by atoms with Crippen molar-refractivity contribution in [2.24, 2.45) is 17.8 Å². The molecule has 0 radical (unpaired) electrons. The molecule has 4 bridgehead atoms. The number of sulfone groups is 1. The second kappa shape index (κ2) is 4.42. The smallest absolute Gasteiger partial charge is 0.209 e. The van der Waals surface area contributed by atoms with E-state index in [1.54, 1.807) is 0 Å². The lowest BCUT2D eigenvalue weighted by molar-refractivity contribution is 0.0346. The summed E-state index contributed by atoms with van der Waals surface area (Å²) in [4.78, 5) is 1.95. The van der Waals surface area contributed by atoms with Crippen molar-refractivity contribution in [2.75, 3.05) is 13.1 Å². The van der Waals surface area contributed by atoms with Crippen LogP contribution in [-0.4, -0.2) is 35.5 Å². The van der Waals surface area contributed by atoms with Crippen LogP contribution in [0.2, 0.25) is 0 Å². The van der Waals surface area contributed by atoms with Crippen LogP contribution in [0.5, 0.6) is 0 Å². The van der Waals surface area contributed by atoms with E-state index in [0.717, 1.165) is 45.2 Å². The minimum atomic E-state index is -3.28. The van der Waals surface area contributed by atoms with Gasteiger partial charge in [-0.15, -0.1) is 0 Å². The highest BCUT2D eigenvalue weighted by atomic mass is 32.2. The molecule has 5 fully saturated rings. The molecule has 0 aromatic heterocycles. The molecule has 0 amide bonds. The first-order valence-corrected chi connectivity index (χ1v) is 9.93. The van der Waals surface area contributed by atoms with Gasteiger partial charge < -0.3 is 4.90 Å². The molecule has 0 spiro atoms. The highest BCUT2D eigenvalue weighted by molar-refractivity contribution is 8.17. The molecule has 1 saturated heterocycles. The summed E-state index contributed by atoms with van der Waals surface area (Å²) in [6.07, 6.45) is 8.62. The number of rotatable bonds is 1. The zero-order valence-corrected chi connectivity index (χ0v) is 13.5. The summed E-state index contributed by atoms with van der Waals surface area (Å²) in [5.74, 6) is 1.95. The molecular weight excluding hydrogens is 290 g/mol. The first-order valence-electron chi connectivity index (χ1n) is 8.04. The van der Waals surface area contributed by atoms with Gasteiger partial charge in [0.1, 0.15) is 0 Å². The van der Waals surface area contributed by atoms with Gasteiger partial charge in [-0.05, 0) is 81.3 Å². The van der Waals surface area contributed by atoms with Gasteiger partial charge in [-0.3, -0.25) is 0 Å². The predicted octanol–water partition coefficient (Wildman–Crippen LogP) is 2.75. The molecule has 0 aromatic carbocycles. The molecule has 5 aliphatic rings. The van der Waals surface area contributed by atoms with Crippen molar-refractivity contribution in [1.29, 1.82) is 0 Å². The quantitative estimate of drug-likeness (QED) is 0.698. The summed E-state index contributed by atoms with van der Waals surface area (Å²) >= 11 is 5.42. The molecule has 1 aliphatic heterocycles. The first-order chi connectivity index (χ1) is 9.50. The van der Waals surface area contributed by atoms with E-state index in [1.165, 1.54) is 19.3 Å². The summed E-state index contributed by atoms with van der Waals surface area (Å²) in [6, 6.07) is 0. The Morgan fingerprint density at radius 2 is 1.40 bits per heavy atom. The van der Waals surface area contributed by atoms with E-state index in [9.17, 15) is 8.42 Å². The Kier molecular flexibility index (Phi) is 2.98. The van der Waals surface area contributed by atoms with Gasteiger partial charge in [-0.2, -0.15) is 0 Å². The van der Waals surface area contributed by atoms with Crippen molar-refractivity contribution in [3.05, 3.63) is 0 Å². The number of hydrogen-bond donors (Lipinski definition) is 0. The maximum Gasteiger partial charge on any atom is 0.209 e. The SMILES string of the molecule is O=S(=O)(C(=S)N1CCCC1)C12CC3CC(CC(C3)C1)C2. The third-order valence-corrected chi connectivity index (χ3v) is 9.42. The largest absolute Gasteiger partial charge is 0.353 e. The lowest BCUT2D eigenvalue weighted by Crippen LogP contribution is -2.57. The van der Waals surface area contributed by atoms with E-state index in [0.29, 0.717) is 17.8 Å². The van der Waals surface area contributed by atoms with Crippen LogP contribution in [0, 0.1) is 17.8 Å². The van der Waals surface area contributed by atoms with Gasteiger partial charge in [0.15, 0.2) is 4.32 Å². The summed E-state index contributed by atoms with van der Waals surface area (Å²) in [5, 5.41) is 0. The zero-order chi connectivity index (χ0) is 14.0. The Morgan fingerprint density at radius 1 is 0.950 bits per heavy atom. The maximum atomic E-state index is 13.2. The fourth-order valence-corrected chi connectivity index (χ4v) is 8.59. The van der Waals surface area contributed by atoms with Gasteiger partial charge in [0.25, 0.3) is 0 Å². The number of hydrogen-bond acceptors (Lipinski definition) is 3. The molecule has 4 aliphatic carbocycles. The van der Waals surface area contributed by atoms with Crippen LogP contribution in [0.4, 0.5) is 0 Å². The third-order valence-electron chi connectivity index (χ3n) is 6.15. The van der Waals surface area contributed by atoms with E-state index < -0.39 is 14.6 Å². The van der Waals surface area contributed by atoms with Crippen LogP contribution in [-0.2, 0) is 9.84 Å². The molecule has 0 atom stereocenters. The second-order valence-electron chi connectivity index (χ2n) is 7.56. The molecule has 0 unspecified atom stereocenters. The first kappa shape index (κ1) is 13.5. The molecule has 0 N–H and O–H groups in total. The van der Waals surface area contributed by atoms with Crippen molar-refractivity contribution >= 4 is 26.4 Å². The van der Waals surface area contributed by atoms with Gasteiger partial charge >= 0.3 is 0 Å². The van der Waals surface area contributed by atoms with Gasteiger partial charge in [-0.25, -0.2) is 8.42 Å². The highest BCUT2D eigenvalue weighted by Crippen LogP contribution is 2.59. The van der Waals surface area contributed by atoms with Crippen LogP contribution < -0.4 is 0 Å². The van der Waals surface area contributed by atoms with E-state index in [2.05, 4.69) is 0 Å². The molecule has 3 nitrogen and oxygen atoms in total. The standard InChI is InChI=1S/C15H23NO2S2/c17-20(18,14(19)16-3-1-2-4-16)15-8-11-5-12(9-15)7-13(6-11)10-15/h11-13H,1-10H2. The molecule has 1 heterocycles. The Balaban J connectivity index is 1.67. The maximum absolute atomic E-state index is 13.2. The second-order valence-corrected chi connectivity index (χ2v) is 10.5. The number of thiocarbonyl (C=S) groups is 1. The molecule has 0 aromatic rings. The van der Waals surface area contributed by atoms with Crippen molar-refractivity contribution in [1.82, 2.24) is 4.90 Å². The highest BCUT2D eigenvalue weighted by Gasteiger charge is 2.58. The average Bonchev–Trinajstić information content (AvgIpc) is 2.89. The van der Waals surface area contributed by atoms with Crippen molar-refractivity contribution in [2.45, 2.75) is 56.1 Å². The van der Waals surface area contributed by atoms with E-state index in [-0.39, 0.29) is 4.32 Å². The lowest BCUT2D eigenvalue weighted by Gasteiger charge is -2.56. The minimum Gasteiger partial charge on any atom is -0.353 e. The fraction of sp³-hybridized carbons (Fsp3) is 0.933. The number of nitrogens with zero attached hydrogens (tertiary/aromatic N) is 1. The minimum absolute atomic E-state index is 0.275. The van der Waals surface area contributed by atoms with Gasteiger partial charge in [0, 0.05) is 13.1 Å². The van der Waals surface area contributed by atoms with Gasteiger partial charge in [0.2, 0.25) is 9.84 Å². The van der Waals surface area contributed by atoms with Crippen LogP contribution in [0.3, 0.4) is 0 Å². The van der Waals surface area contributed by atoms with Gasteiger partial charge in [0.05, 0.1) is 4.75 Å². The monoisotopic (exact) mass is 313 g/mol. The molecular formula is C15H23NO2S2. The third kappa shape index (κ3) is 1.81. The van der Waals surface area contributed by atoms with Crippen molar-refractivity contribution in [3.63, 3.8) is 0 Å². The molecule has 4 saturated carbocycles. The average molecular weight is 313 g/mol. The molecule has 20 heavy (non-hydrogen) atoms. The van der Waals surface area contributed by atoms with Crippen molar-refractivity contribution in [3.8, 4) is 0 Å². The Labute approximate surface area is 127 Å². The van der Waals surface area contributed by atoms with E-state index >= 15 is 0 Å². The predicted molar refractivity (Wildman–Crippen MR) is 83.2 cm³/mol. The summed E-state index contributed by atoms with van der Waals surface area (Å²) in [6.45, 7) is 1.68. The van der Waals surface area contributed by atoms with Crippen molar-refractivity contribution < 1.29 is 8.42 Å². The van der Waals surface area contributed by atoms with Crippen LogP contribution in [0.15, 0.2) is 0 Å². The number of likely N-dealkylation sites (tertiary alicyclic amines) is 1. The fourth-order valence-electron chi connectivity index (χ4n) is 5.62. The van der Waals surface area contributed by atoms with Crippen LogP contribution in [0.25, 0.3) is 0 Å². The zero-order valence-electron chi connectivity index (χ0n) is 11.9. The van der Waals surface area contributed by atoms with Gasteiger partial charge in [-0.1, -0.05) is 0 Å². The normalized spacial score (nSPS) is 43.2. The summed E-state index contributed by atoms with van der Waals surface area (Å²) in [7, 11) is -3.28.